The molecule has 0 saturated heterocycles. The molecule has 3 aromatic rings. The molecular weight excluding hydrogens is 310 g/mol. The van der Waals surface area contributed by atoms with Gasteiger partial charge in [0, 0.05) is 16.6 Å². The lowest BCUT2D eigenvalue weighted by Crippen LogP contribution is -2.14. The number of rotatable bonds is 3. The van der Waals surface area contributed by atoms with E-state index in [9.17, 15) is 4.79 Å². The number of hydrogen-bond donors (Lipinski definition) is 1. The van der Waals surface area contributed by atoms with Crippen molar-refractivity contribution in [3.8, 4) is 5.69 Å². The summed E-state index contributed by atoms with van der Waals surface area (Å²) in [6, 6.07) is 7.10. The summed E-state index contributed by atoms with van der Waals surface area (Å²) in [7, 11) is 0. The van der Waals surface area contributed by atoms with Crippen molar-refractivity contribution in [2.24, 2.45) is 0 Å². The Bertz CT molecular complexity index is 784. The smallest absolute Gasteiger partial charge is 0.279 e. The van der Waals surface area contributed by atoms with Gasteiger partial charge in [-0.1, -0.05) is 17.7 Å². The zero-order chi connectivity index (χ0) is 14.8. The van der Waals surface area contributed by atoms with Gasteiger partial charge >= 0.3 is 0 Å². The SMILES string of the molecule is Cc1nn(-c2cccc(Cl)c2)nc1C(=O)Nc1nccs1. The van der Waals surface area contributed by atoms with E-state index in [4.69, 9.17) is 11.6 Å². The number of carbonyl (C=O) groups excluding carboxylic acids is 1. The maximum absolute atomic E-state index is 12.2. The molecule has 0 aliphatic rings. The average molecular weight is 320 g/mol. The molecule has 0 bridgehead atoms. The zero-order valence-corrected chi connectivity index (χ0v) is 12.5. The van der Waals surface area contributed by atoms with Crippen LogP contribution in [0.3, 0.4) is 0 Å². The van der Waals surface area contributed by atoms with E-state index in [1.807, 2.05) is 6.07 Å². The molecule has 3 rings (SSSR count). The van der Waals surface area contributed by atoms with Gasteiger partial charge in [0.15, 0.2) is 10.8 Å². The first-order chi connectivity index (χ1) is 10.1. The number of thiazole rings is 1. The minimum Gasteiger partial charge on any atom is -0.296 e. The molecule has 1 amide bonds. The highest BCUT2D eigenvalue weighted by atomic mass is 35.5. The van der Waals surface area contributed by atoms with Gasteiger partial charge in [0.05, 0.1) is 11.4 Å². The minimum atomic E-state index is -0.337. The topological polar surface area (TPSA) is 72.7 Å². The highest BCUT2D eigenvalue weighted by Gasteiger charge is 2.17. The lowest BCUT2D eigenvalue weighted by Gasteiger charge is -1.99. The van der Waals surface area contributed by atoms with Gasteiger partial charge in [-0.25, -0.2) is 4.98 Å². The van der Waals surface area contributed by atoms with E-state index >= 15 is 0 Å². The number of halogens is 1. The number of nitrogens with one attached hydrogen (secondary N) is 1. The van der Waals surface area contributed by atoms with Crippen molar-refractivity contribution in [3.63, 3.8) is 0 Å². The summed E-state index contributed by atoms with van der Waals surface area (Å²) in [5.41, 5.74) is 1.48. The van der Waals surface area contributed by atoms with Crippen molar-refractivity contribution in [1.29, 1.82) is 0 Å². The van der Waals surface area contributed by atoms with Crippen molar-refractivity contribution in [2.45, 2.75) is 6.92 Å². The van der Waals surface area contributed by atoms with Gasteiger partial charge in [0.2, 0.25) is 0 Å². The monoisotopic (exact) mass is 319 g/mol. The number of nitrogens with zero attached hydrogens (tertiary/aromatic N) is 4. The molecule has 0 atom stereocenters. The first-order valence-electron chi connectivity index (χ1n) is 6.04. The maximum Gasteiger partial charge on any atom is 0.279 e. The number of amides is 1. The molecule has 0 unspecified atom stereocenters. The molecule has 0 radical (unpaired) electrons. The Kier molecular flexibility index (Phi) is 3.68. The highest BCUT2D eigenvalue weighted by molar-refractivity contribution is 7.13. The molecule has 0 fully saturated rings. The van der Waals surface area contributed by atoms with E-state index in [0.29, 0.717) is 21.5 Å². The van der Waals surface area contributed by atoms with Crippen molar-refractivity contribution in [3.05, 3.63) is 52.3 Å². The summed E-state index contributed by atoms with van der Waals surface area (Å²) in [5, 5.41) is 14.0. The molecular formula is C13H10ClN5OS. The first kappa shape index (κ1) is 13.7. The van der Waals surface area contributed by atoms with Crippen LogP contribution in [0.1, 0.15) is 16.2 Å². The number of anilines is 1. The van der Waals surface area contributed by atoms with Crippen LogP contribution in [0.15, 0.2) is 35.8 Å². The van der Waals surface area contributed by atoms with Gasteiger partial charge in [-0.2, -0.15) is 9.90 Å². The molecule has 1 aromatic carbocycles. The summed E-state index contributed by atoms with van der Waals surface area (Å²) in [4.78, 5) is 17.5. The molecule has 0 spiro atoms. The molecule has 8 heteroatoms. The quantitative estimate of drug-likeness (QED) is 0.805. The Morgan fingerprint density at radius 1 is 1.38 bits per heavy atom. The zero-order valence-electron chi connectivity index (χ0n) is 10.9. The molecule has 2 heterocycles. The number of carbonyl (C=O) groups is 1. The predicted molar refractivity (Wildman–Crippen MR) is 81.2 cm³/mol. The first-order valence-corrected chi connectivity index (χ1v) is 7.30. The van der Waals surface area contributed by atoms with Crippen LogP contribution in [-0.4, -0.2) is 25.9 Å². The van der Waals surface area contributed by atoms with Crippen LogP contribution in [0.5, 0.6) is 0 Å². The van der Waals surface area contributed by atoms with Gasteiger partial charge < -0.3 is 0 Å². The molecule has 0 saturated carbocycles. The molecule has 0 aliphatic carbocycles. The largest absolute Gasteiger partial charge is 0.296 e. The van der Waals surface area contributed by atoms with Crippen molar-refractivity contribution < 1.29 is 4.79 Å². The van der Waals surface area contributed by atoms with E-state index in [-0.39, 0.29) is 11.6 Å². The summed E-state index contributed by atoms with van der Waals surface area (Å²) < 4.78 is 0. The van der Waals surface area contributed by atoms with Crippen molar-refractivity contribution in [1.82, 2.24) is 20.0 Å². The van der Waals surface area contributed by atoms with Crippen LogP contribution >= 0.6 is 22.9 Å². The number of aromatic nitrogens is 4. The Balaban J connectivity index is 1.89. The lowest BCUT2D eigenvalue weighted by atomic mass is 10.3. The van der Waals surface area contributed by atoms with Crippen LogP contribution in [0.25, 0.3) is 5.69 Å². The van der Waals surface area contributed by atoms with Crippen LogP contribution in [0.4, 0.5) is 5.13 Å². The van der Waals surface area contributed by atoms with Gasteiger partial charge in [-0.3, -0.25) is 10.1 Å². The second-order valence-electron chi connectivity index (χ2n) is 4.19. The summed E-state index contributed by atoms with van der Waals surface area (Å²) >= 11 is 7.29. The van der Waals surface area contributed by atoms with Gasteiger partial charge in [-0.05, 0) is 25.1 Å². The number of aryl methyl sites for hydroxylation is 1. The van der Waals surface area contributed by atoms with Crippen LogP contribution in [0, 0.1) is 6.92 Å². The molecule has 2 aromatic heterocycles. The van der Waals surface area contributed by atoms with Crippen molar-refractivity contribution >= 4 is 34.0 Å². The fourth-order valence-corrected chi connectivity index (χ4v) is 2.45. The molecule has 1 N–H and O–H groups in total. The minimum absolute atomic E-state index is 0.255. The predicted octanol–water partition coefficient (Wildman–Crippen LogP) is 2.94. The summed E-state index contributed by atoms with van der Waals surface area (Å²) in [6.07, 6.45) is 1.62. The van der Waals surface area contributed by atoms with Gasteiger partial charge in [0.25, 0.3) is 5.91 Å². The third-order valence-electron chi connectivity index (χ3n) is 2.69. The fourth-order valence-electron chi connectivity index (χ4n) is 1.75. The molecule has 0 aliphatic heterocycles. The third-order valence-corrected chi connectivity index (χ3v) is 3.61. The van der Waals surface area contributed by atoms with Gasteiger partial charge in [0.1, 0.15) is 0 Å². The molecule has 6 nitrogen and oxygen atoms in total. The normalized spacial score (nSPS) is 10.6. The molecule has 21 heavy (non-hydrogen) atoms. The number of hydrogen-bond acceptors (Lipinski definition) is 5. The highest BCUT2D eigenvalue weighted by Crippen LogP contribution is 2.16. The maximum atomic E-state index is 12.2. The summed E-state index contributed by atoms with van der Waals surface area (Å²) in [5.74, 6) is -0.337. The van der Waals surface area contributed by atoms with E-state index in [1.165, 1.54) is 16.1 Å². The Morgan fingerprint density at radius 2 is 2.24 bits per heavy atom. The second-order valence-corrected chi connectivity index (χ2v) is 5.53. The number of benzene rings is 1. The Labute approximate surface area is 129 Å². The van der Waals surface area contributed by atoms with E-state index in [0.717, 1.165) is 0 Å². The third kappa shape index (κ3) is 2.93. The standard InChI is InChI=1S/C13H10ClN5OS/c1-8-11(12(20)16-13-15-5-6-21-13)18-19(17-8)10-4-2-3-9(14)7-10/h2-7H,1H3,(H,15,16,20). The summed E-state index contributed by atoms with van der Waals surface area (Å²) in [6.45, 7) is 1.73. The molecule has 106 valence electrons. The Morgan fingerprint density at radius 3 is 2.95 bits per heavy atom. The van der Waals surface area contributed by atoms with E-state index < -0.39 is 0 Å². The average Bonchev–Trinajstić information content (AvgIpc) is 3.08. The van der Waals surface area contributed by atoms with Crippen LogP contribution < -0.4 is 5.32 Å². The van der Waals surface area contributed by atoms with E-state index in [2.05, 4.69) is 20.5 Å². The van der Waals surface area contributed by atoms with E-state index in [1.54, 1.807) is 36.7 Å². The Hall–Kier alpha value is -2.25. The second kappa shape index (κ2) is 5.63. The van der Waals surface area contributed by atoms with Crippen LogP contribution in [0.2, 0.25) is 5.02 Å². The van der Waals surface area contributed by atoms with Crippen molar-refractivity contribution in [2.75, 3.05) is 5.32 Å². The van der Waals surface area contributed by atoms with Gasteiger partial charge in [-0.15, -0.1) is 16.4 Å². The fraction of sp³-hybridized carbons (Fsp3) is 0.0769. The van der Waals surface area contributed by atoms with Crippen LogP contribution in [-0.2, 0) is 0 Å². The lowest BCUT2D eigenvalue weighted by molar-refractivity contribution is 0.102.